The lowest BCUT2D eigenvalue weighted by Gasteiger charge is -1.91. The van der Waals surface area contributed by atoms with Crippen LogP contribution in [0.15, 0.2) is 17.1 Å². The van der Waals surface area contributed by atoms with E-state index in [2.05, 4.69) is 11.6 Å². The molecule has 0 aliphatic rings. The van der Waals surface area contributed by atoms with Crippen LogP contribution in [0.3, 0.4) is 0 Å². The van der Waals surface area contributed by atoms with E-state index in [1.54, 1.807) is 0 Å². The van der Waals surface area contributed by atoms with Gasteiger partial charge in [-0.25, -0.2) is 0 Å². The Bertz CT molecular complexity index is 146. The zero-order valence-electron chi connectivity index (χ0n) is 3.97. The Morgan fingerprint density at radius 3 is 2.00 bits per heavy atom. The van der Waals surface area contributed by atoms with Gasteiger partial charge < -0.3 is 0 Å². The van der Waals surface area contributed by atoms with Gasteiger partial charge in [0.2, 0.25) is 5.29 Å². The zero-order chi connectivity index (χ0) is 7.49. The molecular weight excluding hydrogens is 159 g/mol. The third-order valence-electron chi connectivity index (χ3n) is 0.345. The molecule has 0 nitrogen and oxygen atoms in total. The van der Waals surface area contributed by atoms with E-state index in [0.29, 0.717) is 0 Å². The molecule has 0 atom stereocenters. The second kappa shape index (κ2) is 2.90. The maximum Gasteiger partial charge on any atom is 0.416 e. The fraction of sp³-hybridized carbons (Fsp3) is 0.250. The van der Waals surface area contributed by atoms with Gasteiger partial charge in [-0.3, -0.25) is 0 Å². The number of hydrogen-bond acceptors (Lipinski definition) is 0. The maximum atomic E-state index is 11.3. The highest BCUT2D eigenvalue weighted by molar-refractivity contribution is 6.28. The summed E-state index contributed by atoms with van der Waals surface area (Å²) in [7, 11) is 0. The first-order valence-electron chi connectivity index (χ1n) is 1.77. The Kier molecular flexibility index (Phi) is 2.74. The SMILES string of the molecule is FC(Cl)=C=CC(F)(F)F. The van der Waals surface area contributed by atoms with E-state index in [9.17, 15) is 17.6 Å². The van der Waals surface area contributed by atoms with E-state index in [1.165, 1.54) is 0 Å². The number of alkyl halides is 3. The van der Waals surface area contributed by atoms with Gasteiger partial charge in [0.25, 0.3) is 0 Å². The van der Waals surface area contributed by atoms with E-state index in [1.807, 2.05) is 0 Å². The Hall–Kier alpha value is -0.470. The van der Waals surface area contributed by atoms with Crippen LogP contribution >= 0.6 is 11.6 Å². The van der Waals surface area contributed by atoms with Crippen LogP contribution in [0.5, 0.6) is 0 Å². The molecule has 0 aliphatic carbocycles. The second-order valence-corrected chi connectivity index (χ2v) is 1.42. The van der Waals surface area contributed by atoms with Gasteiger partial charge in [0.1, 0.15) is 0 Å². The molecule has 0 spiro atoms. The van der Waals surface area contributed by atoms with Gasteiger partial charge in [0.05, 0.1) is 6.08 Å². The van der Waals surface area contributed by atoms with E-state index in [-0.39, 0.29) is 0 Å². The van der Waals surface area contributed by atoms with Crippen LogP contribution in [0, 0.1) is 0 Å². The molecular formula is C4HClF4. The quantitative estimate of drug-likeness (QED) is 0.378. The summed E-state index contributed by atoms with van der Waals surface area (Å²) in [6.45, 7) is 0. The molecule has 0 aromatic carbocycles. The van der Waals surface area contributed by atoms with Gasteiger partial charge in [-0.1, -0.05) is 5.73 Å². The first-order chi connectivity index (χ1) is 3.92. The third-order valence-corrected chi connectivity index (χ3v) is 0.454. The number of rotatable bonds is 0. The average molecular weight is 160 g/mol. The minimum Gasteiger partial charge on any atom is -0.184 e. The maximum absolute atomic E-state index is 11.3. The molecule has 0 heterocycles. The van der Waals surface area contributed by atoms with Crippen molar-refractivity contribution < 1.29 is 17.6 Å². The predicted molar refractivity (Wildman–Crippen MR) is 24.6 cm³/mol. The normalized spacial score (nSPS) is 10.3. The molecule has 0 bridgehead atoms. The van der Waals surface area contributed by atoms with Crippen LogP contribution in [-0.4, -0.2) is 6.18 Å². The number of halogens is 5. The predicted octanol–water partition coefficient (Wildman–Crippen LogP) is 2.75. The standard InChI is InChI=1S/C4HClF4/c5-3(6)1-2-4(7,8)9/h2H. The van der Waals surface area contributed by atoms with Crippen molar-refractivity contribution in [2.45, 2.75) is 6.18 Å². The molecule has 0 saturated heterocycles. The van der Waals surface area contributed by atoms with Crippen molar-refractivity contribution in [2.75, 3.05) is 0 Å². The highest BCUT2D eigenvalue weighted by atomic mass is 35.5. The molecule has 0 fully saturated rings. The molecule has 0 amide bonds. The summed E-state index contributed by atoms with van der Waals surface area (Å²) in [6, 6.07) is 0. The summed E-state index contributed by atoms with van der Waals surface area (Å²) in [6.07, 6.45) is -4.96. The van der Waals surface area contributed by atoms with Gasteiger partial charge in [-0.05, 0) is 11.6 Å². The van der Waals surface area contributed by atoms with Crippen LogP contribution in [-0.2, 0) is 0 Å². The summed E-state index contributed by atoms with van der Waals surface area (Å²) in [5.41, 5.74) is 1.15. The van der Waals surface area contributed by atoms with Crippen molar-refractivity contribution in [3.8, 4) is 0 Å². The molecule has 0 unspecified atom stereocenters. The van der Waals surface area contributed by atoms with Crippen molar-refractivity contribution >= 4 is 11.6 Å². The van der Waals surface area contributed by atoms with Gasteiger partial charge >= 0.3 is 6.18 Å². The molecule has 5 heteroatoms. The Morgan fingerprint density at radius 1 is 1.44 bits per heavy atom. The minimum atomic E-state index is -4.55. The Morgan fingerprint density at radius 2 is 1.89 bits per heavy atom. The Labute approximate surface area is 53.4 Å². The number of allylic oxidation sites excluding steroid dienone is 1. The van der Waals surface area contributed by atoms with Crippen molar-refractivity contribution in [3.63, 3.8) is 0 Å². The highest BCUT2D eigenvalue weighted by Gasteiger charge is 2.21. The van der Waals surface area contributed by atoms with Crippen LogP contribution < -0.4 is 0 Å². The molecule has 0 saturated carbocycles. The first-order valence-corrected chi connectivity index (χ1v) is 2.15. The van der Waals surface area contributed by atoms with E-state index in [4.69, 9.17) is 0 Å². The van der Waals surface area contributed by atoms with Crippen molar-refractivity contribution in [2.24, 2.45) is 0 Å². The van der Waals surface area contributed by atoms with Gasteiger partial charge in [-0.2, -0.15) is 17.6 Å². The fourth-order valence-corrected chi connectivity index (χ4v) is 0.191. The van der Waals surface area contributed by atoms with E-state index >= 15 is 0 Å². The molecule has 0 rings (SSSR count). The largest absolute Gasteiger partial charge is 0.416 e. The number of hydrogen-bond donors (Lipinski definition) is 0. The summed E-state index contributed by atoms with van der Waals surface area (Å²) in [5.74, 6) is 0. The average Bonchev–Trinajstić information content (AvgIpc) is 1.59. The Balaban J connectivity index is 4.17. The molecule has 0 aromatic rings. The summed E-state index contributed by atoms with van der Waals surface area (Å²) < 4.78 is 44.4. The van der Waals surface area contributed by atoms with Crippen molar-refractivity contribution in [1.29, 1.82) is 0 Å². The molecule has 9 heavy (non-hydrogen) atoms. The van der Waals surface area contributed by atoms with Gasteiger partial charge in [0, 0.05) is 0 Å². The third kappa shape index (κ3) is 7.53. The first kappa shape index (κ1) is 8.53. The fourth-order valence-electron chi connectivity index (χ4n) is 0.136. The molecule has 0 aliphatic heterocycles. The van der Waals surface area contributed by atoms with E-state index < -0.39 is 17.5 Å². The summed E-state index contributed by atoms with van der Waals surface area (Å²) in [4.78, 5) is 0. The van der Waals surface area contributed by atoms with Crippen molar-refractivity contribution in [1.82, 2.24) is 0 Å². The highest BCUT2D eigenvalue weighted by Crippen LogP contribution is 2.15. The van der Waals surface area contributed by atoms with Crippen LogP contribution in [0.25, 0.3) is 0 Å². The lowest BCUT2D eigenvalue weighted by atomic mass is 10.6. The van der Waals surface area contributed by atoms with E-state index in [0.717, 1.165) is 5.73 Å². The smallest absolute Gasteiger partial charge is 0.184 e. The summed E-state index contributed by atoms with van der Waals surface area (Å²) in [5, 5.41) is -1.51. The van der Waals surface area contributed by atoms with Gasteiger partial charge in [0.15, 0.2) is 0 Å². The second-order valence-electron chi connectivity index (χ2n) is 1.09. The monoisotopic (exact) mass is 160 g/mol. The minimum absolute atomic E-state index is 0.407. The molecule has 52 valence electrons. The van der Waals surface area contributed by atoms with Crippen molar-refractivity contribution in [3.05, 3.63) is 17.1 Å². The molecule has 0 radical (unpaired) electrons. The lowest BCUT2D eigenvalue weighted by Crippen LogP contribution is -1.99. The van der Waals surface area contributed by atoms with Crippen LogP contribution in [0.2, 0.25) is 0 Å². The van der Waals surface area contributed by atoms with Crippen LogP contribution in [0.4, 0.5) is 17.6 Å². The van der Waals surface area contributed by atoms with Gasteiger partial charge in [-0.15, -0.1) is 0 Å². The van der Waals surface area contributed by atoms with Crippen LogP contribution in [0.1, 0.15) is 0 Å². The molecule has 0 aromatic heterocycles. The topological polar surface area (TPSA) is 0 Å². The summed E-state index contributed by atoms with van der Waals surface area (Å²) >= 11 is 4.39. The lowest BCUT2D eigenvalue weighted by molar-refractivity contribution is -0.0797. The molecule has 0 N–H and O–H groups in total. The zero-order valence-corrected chi connectivity index (χ0v) is 4.72.